The summed E-state index contributed by atoms with van der Waals surface area (Å²) in [6, 6.07) is 0. The van der Waals surface area contributed by atoms with Gasteiger partial charge < -0.3 is 14.2 Å². The van der Waals surface area contributed by atoms with Crippen LogP contribution in [-0.4, -0.2) is 39.4 Å². The van der Waals surface area contributed by atoms with E-state index in [1.54, 1.807) is 0 Å². The van der Waals surface area contributed by atoms with Crippen molar-refractivity contribution in [2.75, 3.05) is 21.3 Å². The molecule has 5 heteroatoms. The molecule has 82 valence electrons. The van der Waals surface area contributed by atoms with Crippen molar-refractivity contribution in [1.29, 1.82) is 0 Å². The number of carbonyl (C=O) groups excluding carboxylic acids is 2. The van der Waals surface area contributed by atoms with Crippen molar-refractivity contribution in [3.05, 3.63) is 0 Å². The molecule has 0 aliphatic heterocycles. The van der Waals surface area contributed by atoms with E-state index in [9.17, 15) is 9.59 Å². The van der Waals surface area contributed by atoms with Crippen LogP contribution >= 0.6 is 0 Å². The molecule has 0 aromatic rings. The van der Waals surface area contributed by atoms with Gasteiger partial charge in [0.15, 0.2) is 6.29 Å². The van der Waals surface area contributed by atoms with Gasteiger partial charge >= 0.3 is 5.97 Å². The maximum Gasteiger partial charge on any atom is 0.305 e. The normalized spacial score (nSPS) is 10.3. The van der Waals surface area contributed by atoms with Crippen LogP contribution in [0.4, 0.5) is 0 Å². The van der Waals surface area contributed by atoms with Gasteiger partial charge in [-0.05, 0) is 0 Å². The number of rotatable bonds is 7. The molecule has 0 amide bonds. The Morgan fingerprint density at radius 3 is 2.07 bits per heavy atom. The summed E-state index contributed by atoms with van der Waals surface area (Å²) >= 11 is 0. The average molecular weight is 204 g/mol. The summed E-state index contributed by atoms with van der Waals surface area (Å²) in [4.78, 5) is 21.9. The van der Waals surface area contributed by atoms with Gasteiger partial charge in [0.25, 0.3) is 0 Å². The molecule has 0 N–H and O–H groups in total. The lowest BCUT2D eigenvalue weighted by atomic mass is 10.1. The highest BCUT2D eigenvalue weighted by atomic mass is 16.7. The standard InChI is InChI=1S/C9H16O5/c1-12-8(11)5-4-7(10)6-9(13-2)14-3/h9H,4-6H2,1-3H3. The fourth-order valence-corrected chi connectivity index (χ4v) is 0.894. The summed E-state index contributed by atoms with van der Waals surface area (Å²) in [7, 11) is 4.21. The van der Waals surface area contributed by atoms with Crippen molar-refractivity contribution in [2.24, 2.45) is 0 Å². The van der Waals surface area contributed by atoms with Crippen LogP contribution in [0.3, 0.4) is 0 Å². The largest absolute Gasteiger partial charge is 0.469 e. The Morgan fingerprint density at radius 1 is 1.07 bits per heavy atom. The van der Waals surface area contributed by atoms with E-state index < -0.39 is 6.29 Å². The fourth-order valence-electron chi connectivity index (χ4n) is 0.894. The molecule has 0 unspecified atom stereocenters. The lowest BCUT2D eigenvalue weighted by molar-refractivity contribution is -0.144. The number of hydrogen-bond acceptors (Lipinski definition) is 5. The van der Waals surface area contributed by atoms with Crippen molar-refractivity contribution in [2.45, 2.75) is 25.6 Å². The molecule has 0 rings (SSSR count). The van der Waals surface area contributed by atoms with Gasteiger partial charge in [-0.3, -0.25) is 9.59 Å². The van der Waals surface area contributed by atoms with Crippen molar-refractivity contribution in [3.63, 3.8) is 0 Å². The molecule has 0 atom stereocenters. The Bertz CT molecular complexity index is 186. The van der Waals surface area contributed by atoms with E-state index in [-0.39, 0.29) is 31.0 Å². The van der Waals surface area contributed by atoms with Gasteiger partial charge in [0.05, 0.1) is 20.0 Å². The minimum atomic E-state index is -0.528. The highest BCUT2D eigenvalue weighted by Gasteiger charge is 2.13. The Labute approximate surface area is 83.3 Å². The van der Waals surface area contributed by atoms with Crippen LogP contribution in [0, 0.1) is 0 Å². The maximum atomic E-state index is 11.2. The molecular weight excluding hydrogens is 188 g/mol. The Balaban J connectivity index is 3.69. The number of ether oxygens (including phenoxy) is 3. The summed E-state index contributed by atoms with van der Waals surface area (Å²) in [5.41, 5.74) is 0. The smallest absolute Gasteiger partial charge is 0.305 e. The van der Waals surface area contributed by atoms with Gasteiger partial charge in [-0.2, -0.15) is 0 Å². The van der Waals surface area contributed by atoms with Gasteiger partial charge in [0, 0.05) is 20.6 Å². The van der Waals surface area contributed by atoms with Crippen LogP contribution < -0.4 is 0 Å². The molecule has 0 heterocycles. The molecule has 0 aromatic heterocycles. The lowest BCUT2D eigenvalue weighted by Crippen LogP contribution is -2.18. The molecule has 5 nitrogen and oxygen atoms in total. The van der Waals surface area contributed by atoms with E-state index in [1.807, 2.05) is 0 Å². The van der Waals surface area contributed by atoms with E-state index in [4.69, 9.17) is 9.47 Å². The third-order valence-electron chi connectivity index (χ3n) is 1.76. The molecule has 0 bridgehead atoms. The van der Waals surface area contributed by atoms with Crippen molar-refractivity contribution >= 4 is 11.8 Å². The van der Waals surface area contributed by atoms with E-state index in [2.05, 4.69) is 4.74 Å². The van der Waals surface area contributed by atoms with Gasteiger partial charge in [-0.1, -0.05) is 0 Å². The molecule has 0 aliphatic carbocycles. The summed E-state index contributed by atoms with van der Waals surface area (Å²) in [6.07, 6.45) is -0.102. The number of hydrogen-bond donors (Lipinski definition) is 0. The Morgan fingerprint density at radius 2 is 1.64 bits per heavy atom. The minimum Gasteiger partial charge on any atom is -0.469 e. The molecule has 0 spiro atoms. The average Bonchev–Trinajstić information content (AvgIpc) is 2.22. The maximum absolute atomic E-state index is 11.2. The van der Waals surface area contributed by atoms with E-state index >= 15 is 0 Å². The second-order valence-corrected chi connectivity index (χ2v) is 2.72. The van der Waals surface area contributed by atoms with Crippen LogP contribution in [0.25, 0.3) is 0 Å². The molecule has 0 aliphatic rings. The first-order valence-corrected chi connectivity index (χ1v) is 4.28. The number of Topliss-reactive ketones (excluding diaryl/α,β-unsaturated/α-hetero) is 1. The SMILES string of the molecule is COC(=O)CCC(=O)CC(OC)OC. The quantitative estimate of drug-likeness (QED) is 0.447. The number of methoxy groups -OCH3 is 3. The van der Waals surface area contributed by atoms with Gasteiger partial charge in [0.2, 0.25) is 0 Å². The zero-order valence-corrected chi connectivity index (χ0v) is 8.74. The summed E-state index contributed by atoms with van der Waals surface area (Å²) < 4.78 is 14.1. The minimum absolute atomic E-state index is 0.0795. The molecular formula is C9H16O5. The Hall–Kier alpha value is -0.940. The van der Waals surface area contributed by atoms with E-state index in [0.717, 1.165) is 0 Å². The van der Waals surface area contributed by atoms with E-state index in [0.29, 0.717) is 0 Å². The van der Waals surface area contributed by atoms with Crippen LogP contribution in [0.15, 0.2) is 0 Å². The van der Waals surface area contributed by atoms with Gasteiger partial charge in [0.1, 0.15) is 5.78 Å². The third-order valence-corrected chi connectivity index (χ3v) is 1.76. The van der Waals surface area contributed by atoms with Crippen LogP contribution in [0.5, 0.6) is 0 Å². The van der Waals surface area contributed by atoms with Crippen LogP contribution in [-0.2, 0) is 23.8 Å². The summed E-state index contributed by atoms with van der Waals surface area (Å²) in [6.45, 7) is 0. The zero-order valence-electron chi connectivity index (χ0n) is 8.74. The first kappa shape index (κ1) is 13.1. The van der Waals surface area contributed by atoms with Crippen LogP contribution in [0.2, 0.25) is 0 Å². The van der Waals surface area contributed by atoms with Crippen LogP contribution in [0.1, 0.15) is 19.3 Å². The first-order valence-electron chi connectivity index (χ1n) is 4.28. The first-order chi connectivity index (χ1) is 6.63. The Kier molecular flexibility index (Phi) is 6.96. The number of ketones is 1. The monoisotopic (exact) mass is 204 g/mol. The molecule has 0 saturated carbocycles. The molecule has 0 saturated heterocycles. The second-order valence-electron chi connectivity index (χ2n) is 2.72. The van der Waals surface area contributed by atoms with E-state index in [1.165, 1.54) is 21.3 Å². The number of carbonyl (C=O) groups is 2. The van der Waals surface area contributed by atoms with Crippen molar-refractivity contribution in [3.8, 4) is 0 Å². The lowest BCUT2D eigenvalue weighted by Gasteiger charge is -2.11. The highest BCUT2D eigenvalue weighted by molar-refractivity contribution is 5.83. The fraction of sp³-hybridized carbons (Fsp3) is 0.778. The summed E-state index contributed by atoms with van der Waals surface area (Å²) in [5, 5.41) is 0. The molecule has 0 radical (unpaired) electrons. The topological polar surface area (TPSA) is 61.8 Å². The van der Waals surface area contributed by atoms with Crippen molar-refractivity contribution < 1.29 is 23.8 Å². The van der Waals surface area contributed by atoms with Gasteiger partial charge in [-0.15, -0.1) is 0 Å². The predicted molar refractivity (Wildman–Crippen MR) is 48.7 cm³/mol. The van der Waals surface area contributed by atoms with Gasteiger partial charge in [-0.25, -0.2) is 0 Å². The summed E-state index contributed by atoms with van der Waals surface area (Å²) in [5.74, 6) is -0.464. The third kappa shape index (κ3) is 5.66. The molecule has 0 fully saturated rings. The van der Waals surface area contributed by atoms with Crippen molar-refractivity contribution in [1.82, 2.24) is 0 Å². The molecule has 0 aromatic carbocycles. The molecule has 14 heavy (non-hydrogen) atoms. The highest BCUT2D eigenvalue weighted by Crippen LogP contribution is 2.03. The number of esters is 1. The second kappa shape index (κ2) is 7.46. The predicted octanol–water partition coefficient (Wildman–Crippen LogP) is 0.518. The zero-order chi connectivity index (χ0) is 11.0.